The van der Waals surface area contributed by atoms with Gasteiger partial charge in [0.2, 0.25) is 0 Å². The molecule has 1 aliphatic heterocycles. The van der Waals surface area contributed by atoms with E-state index in [4.69, 9.17) is 0 Å². The maximum absolute atomic E-state index is 12.8. The van der Waals surface area contributed by atoms with Gasteiger partial charge in [-0.2, -0.15) is 0 Å². The van der Waals surface area contributed by atoms with E-state index in [0.717, 1.165) is 29.1 Å². The monoisotopic (exact) mass is 460 g/mol. The van der Waals surface area contributed by atoms with Crippen molar-refractivity contribution in [2.75, 3.05) is 31.1 Å². The molecule has 1 fully saturated rings. The number of aromatic nitrogens is 4. The molecule has 0 atom stereocenters. The van der Waals surface area contributed by atoms with Gasteiger partial charge in [-0.05, 0) is 39.0 Å². The Bertz CT molecular complexity index is 1170. The molecule has 3 aromatic rings. The fourth-order valence-electron chi connectivity index (χ4n) is 3.70. The van der Waals surface area contributed by atoms with Crippen molar-refractivity contribution in [1.29, 1.82) is 0 Å². The Morgan fingerprint density at radius 1 is 1.00 bits per heavy atom. The van der Waals surface area contributed by atoms with Crippen molar-refractivity contribution in [2.24, 2.45) is 0 Å². The molecule has 8 nitrogen and oxygen atoms in total. The molecular weight excluding hydrogens is 437 g/mol. The quantitative estimate of drug-likeness (QED) is 0.594. The lowest BCUT2D eigenvalue weighted by Gasteiger charge is -2.35. The zero-order valence-electron chi connectivity index (χ0n) is 18.4. The van der Waals surface area contributed by atoms with Gasteiger partial charge in [-0.25, -0.2) is 15.0 Å². The van der Waals surface area contributed by atoms with Crippen molar-refractivity contribution in [3.63, 3.8) is 0 Å². The predicted octanol–water partition coefficient (Wildman–Crippen LogP) is 3.45. The van der Waals surface area contributed by atoms with Crippen LogP contribution in [0.15, 0.2) is 36.7 Å². The van der Waals surface area contributed by atoms with Crippen LogP contribution in [0, 0.1) is 20.8 Å². The van der Waals surface area contributed by atoms with Gasteiger partial charge >= 0.3 is 6.36 Å². The van der Waals surface area contributed by atoms with Crippen LogP contribution in [-0.2, 0) is 0 Å². The Morgan fingerprint density at radius 2 is 1.70 bits per heavy atom. The summed E-state index contributed by atoms with van der Waals surface area (Å²) in [6.07, 6.45) is -3.08. The highest BCUT2D eigenvalue weighted by atomic mass is 19.4. The zero-order valence-corrected chi connectivity index (χ0v) is 18.4. The summed E-state index contributed by atoms with van der Waals surface area (Å²) >= 11 is 0. The third-order valence-corrected chi connectivity index (χ3v) is 5.51. The molecule has 0 radical (unpaired) electrons. The van der Waals surface area contributed by atoms with Crippen LogP contribution >= 0.6 is 0 Å². The fourth-order valence-corrected chi connectivity index (χ4v) is 3.70. The van der Waals surface area contributed by atoms with Crippen LogP contribution in [0.1, 0.15) is 27.6 Å². The first-order valence-electron chi connectivity index (χ1n) is 10.4. The largest absolute Gasteiger partial charge is 0.573 e. The second kappa shape index (κ2) is 8.72. The number of hydrogen-bond acceptors (Lipinski definition) is 6. The first-order chi connectivity index (χ1) is 15.6. The van der Waals surface area contributed by atoms with E-state index in [9.17, 15) is 18.0 Å². The number of benzene rings is 1. The van der Waals surface area contributed by atoms with Crippen molar-refractivity contribution in [3.05, 3.63) is 59.4 Å². The van der Waals surface area contributed by atoms with Gasteiger partial charge in [-0.15, -0.1) is 13.2 Å². The van der Waals surface area contributed by atoms with Gasteiger partial charge in [0, 0.05) is 43.5 Å². The lowest BCUT2D eigenvalue weighted by molar-refractivity contribution is -0.274. The molecule has 0 saturated carbocycles. The lowest BCUT2D eigenvalue weighted by Crippen LogP contribution is -2.49. The van der Waals surface area contributed by atoms with Crippen LogP contribution in [0.3, 0.4) is 0 Å². The Kier molecular flexibility index (Phi) is 5.96. The smallest absolute Gasteiger partial charge is 0.406 e. The third kappa shape index (κ3) is 5.07. The average molecular weight is 460 g/mol. The van der Waals surface area contributed by atoms with Gasteiger partial charge in [-0.3, -0.25) is 9.36 Å². The summed E-state index contributed by atoms with van der Waals surface area (Å²) < 4.78 is 43.3. The van der Waals surface area contributed by atoms with Gasteiger partial charge in [0.1, 0.15) is 29.5 Å². The predicted molar refractivity (Wildman–Crippen MR) is 115 cm³/mol. The van der Waals surface area contributed by atoms with Crippen molar-refractivity contribution in [3.8, 4) is 11.6 Å². The minimum atomic E-state index is -4.81. The Balaban J connectivity index is 1.46. The highest BCUT2D eigenvalue weighted by molar-refractivity contribution is 5.94. The number of rotatable bonds is 4. The van der Waals surface area contributed by atoms with Crippen molar-refractivity contribution in [1.82, 2.24) is 24.4 Å². The number of anilines is 1. The summed E-state index contributed by atoms with van der Waals surface area (Å²) in [6.45, 7) is 7.60. The molecule has 0 aliphatic carbocycles. The van der Waals surface area contributed by atoms with E-state index in [1.165, 1.54) is 18.2 Å². The maximum Gasteiger partial charge on any atom is 0.573 e. The topological polar surface area (TPSA) is 76.4 Å². The highest BCUT2D eigenvalue weighted by Crippen LogP contribution is 2.25. The number of hydrogen-bond donors (Lipinski definition) is 0. The van der Waals surface area contributed by atoms with Crippen molar-refractivity contribution < 1.29 is 22.7 Å². The Morgan fingerprint density at radius 3 is 2.33 bits per heavy atom. The summed E-state index contributed by atoms with van der Waals surface area (Å²) in [5.74, 6) is 1.33. The van der Waals surface area contributed by atoms with Gasteiger partial charge in [0.05, 0.1) is 5.69 Å². The number of nitrogens with zero attached hydrogens (tertiary/aromatic N) is 6. The summed E-state index contributed by atoms with van der Waals surface area (Å²) in [7, 11) is 0. The van der Waals surface area contributed by atoms with Crippen LogP contribution < -0.4 is 9.64 Å². The van der Waals surface area contributed by atoms with E-state index >= 15 is 0 Å². The normalized spacial score (nSPS) is 14.5. The average Bonchev–Trinajstić information content (AvgIpc) is 3.10. The van der Waals surface area contributed by atoms with Crippen LogP contribution in [0.4, 0.5) is 19.0 Å². The standard InChI is InChI=1S/C22H23F3N6O2/c1-14-15(2)31(13-26-14)20-12-19(27-16(3)28-20)29-7-9-30(10-8-29)21(32)17-5-4-6-18(11-17)33-22(23,24)25/h4-6,11-13H,7-10H2,1-3H3. The van der Waals surface area contributed by atoms with Gasteiger partial charge in [0.15, 0.2) is 0 Å². The Hall–Kier alpha value is -3.63. The number of amides is 1. The summed E-state index contributed by atoms with van der Waals surface area (Å²) in [5.41, 5.74) is 2.06. The molecule has 11 heteroatoms. The van der Waals surface area contributed by atoms with Gasteiger partial charge < -0.3 is 14.5 Å². The fraction of sp³-hybridized carbons (Fsp3) is 0.364. The molecule has 0 spiro atoms. The van der Waals surface area contributed by atoms with Crippen LogP contribution in [0.2, 0.25) is 0 Å². The second-order valence-corrected chi connectivity index (χ2v) is 7.77. The molecule has 1 saturated heterocycles. The van der Waals surface area contributed by atoms with E-state index < -0.39 is 12.1 Å². The van der Waals surface area contributed by atoms with Crippen LogP contribution in [0.5, 0.6) is 5.75 Å². The van der Waals surface area contributed by atoms with E-state index in [1.54, 1.807) is 11.2 Å². The minimum Gasteiger partial charge on any atom is -0.406 e. The molecule has 3 heterocycles. The molecule has 1 amide bonds. The first-order valence-corrected chi connectivity index (χ1v) is 10.4. The molecule has 33 heavy (non-hydrogen) atoms. The number of ether oxygens (including phenoxy) is 1. The highest BCUT2D eigenvalue weighted by Gasteiger charge is 2.31. The summed E-state index contributed by atoms with van der Waals surface area (Å²) in [5, 5.41) is 0. The Labute approximate surface area is 188 Å². The molecular formula is C22H23F3N6O2. The number of carbonyl (C=O) groups is 1. The number of carbonyl (C=O) groups excluding carboxylic acids is 1. The van der Waals surface area contributed by atoms with Gasteiger partial charge in [-0.1, -0.05) is 6.07 Å². The van der Waals surface area contributed by atoms with E-state index in [-0.39, 0.29) is 11.5 Å². The second-order valence-electron chi connectivity index (χ2n) is 7.77. The van der Waals surface area contributed by atoms with Crippen molar-refractivity contribution >= 4 is 11.7 Å². The van der Waals surface area contributed by atoms with E-state index in [0.29, 0.717) is 32.0 Å². The number of piperazine rings is 1. The molecule has 174 valence electrons. The van der Waals surface area contributed by atoms with Gasteiger partial charge in [0.25, 0.3) is 5.91 Å². The van der Waals surface area contributed by atoms with Crippen molar-refractivity contribution in [2.45, 2.75) is 27.1 Å². The minimum absolute atomic E-state index is 0.149. The van der Waals surface area contributed by atoms with Crippen LogP contribution in [0.25, 0.3) is 5.82 Å². The van der Waals surface area contributed by atoms with E-state index in [1.807, 2.05) is 31.4 Å². The SMILES string of the molecule is Cc1nc(N2CCN(C(=O)c3cccc(OC(F)(F)F)c3)CC2)cc(-n2cnc(C)c2C)n1. The first kappa shape index (κ1) is 22.6. The summed E-state index contributed by atoms with van der Waals surface area (Å²) in [6, 6.07) is 7.01. The molecule has 4 rings (SSSR count). The molecule has 0 N–H and O–H groups in total. The number of aryl methyl sites for hydroxylation is 2. The molecule has 0 unspecified atom stereocenters. The van der Waals surface area contributed by atoms with Crippen LogP contribution in [-0.4, -0.2) is 62.9 Å². The third-order valence-electron chi connectivity index (χ3n) is 5.51. The number of halogens is 3. The molecule has 1 aliphatic rings. The van der Waals surface area contributed by atoms with E-state index in [2.05, 4.69) is 24.6 Å². The number of imidazole rings is 1. The lowest BCUT2D eigenvalue weighted by atomic mass is 10.1. The maximum atomic E-state index is 12.8. The molecule has 0 bridgehead atoms. The zero-order chi connectivity index (χ0) is 23.8. The molecule has 1 aromatic carbocycles. The molecule has 2 aromatic heterocycles. The summed E-state index contributed by atoms with van der Waals surface area (Å²) in [4.78, 5) is 29.9. The number of alkyl halides is 3.